The summed E-state index contributed by atoms with van der Waals surface area (Å²) in [4.78, 5) is 9.81. The van der Waals surface area contributed by atoms with E-state index in [4.69, 9.17) is 8.83 Å². The van der Waals surface area contributed by atoms with E-state index < -0.39 is 10.8 Å². The molecule has 0 bridgehead atoms. The molecule has 2 aliphatic heterocycles. The summed E-state index contributed by atoms with van der Waals surface area (Å²) in [5.74, 6) is 1.88. The fraction of sp³-hybridized carbons (Fsp3) is 0.0238. The molecule has 5 nitrogen and oxygen atoms in total. The second-order valence-electron chi connectivity index (χ2n) is 24.5. The molecule has 6 aliphatic rings. The van der Waals surface area contributed by atoms with Gasteiger partial charge in [-0.1, -0.05) is 212 Å². The van der Waals surface area contributed by atoms with Crippen molar-refractivity contribution in [3.63, 3.8) is 0 Å². The number of benzene rings is 13. The Morgan fingerprint density at radius 3 is 1.26 bits per heavy atom. The summed E-state index contributed by atoms with van der Waals surface area (Å²) in [5.41, 5.74) is 30.3. The Hall–Kier alpha value is -11.3. The lowest BCUT2D eigenvalue weighted by molar-refractivity contribution is 0.628. The van der Waals surface area contributed by atoms with Gasteiger partial charge >= 0.3 is 0 Å². The number of hydrogen-bond donors (Lipinski definition) is 0. The van der Waals surface area contributed by atoms with Crippen molar-refractivity contribution in [2.24, 2.45) is 0 Å². The lowest BCUT2D eigenvalue weighted by Crippen LogP contribution is -2.26. The maximum absolute atomic E-state index is 7.29. The monoisotopic (exact) mass is 1160 g/mol. The van der Waals surface area contributed by atoms with E-state index in [1.807, 2.05) is 11.8 Å². The minimum atomic E-state index is -0.591. The average molecular weight is 1160 g/mol. The van der Waals surface area contributed by atoms with Crippen LogP contribution in [0.3, 0.4) is 0 Å². The first-order chi connectivity index (χ1) is 44.6. The van der Waals surface area contributed by atoms with Crippen LogP contribution in [0, 0.1) is 0 Å². The summed E-state index contributed by atoms with van der Waals surface area (Å²) < 4.78 is 14.4. The Bertz CT molecular complexity index is 5530. The van der Waals surface area contributed by atoms with Crippen LogP contribution in [0.25, 0.3) is 78.0 Å². The van der Waals surface area contributed by atoms with Crippen molar-refractivity contribution in [2.75, 3.05) is 14.7 Å². The highest BCUT2D eigenvalue weighted by Crippen LogP contribution is 2.68. The number of rotatable bonds is 4. The third-order valence-corrected chi connectivity index (χ3v) is 21.5. The van der Waals surface area contributed by atoms with E-state index in [2.05, 4.69) is 312 Å². The molecule has 2 aromatic heterocycles. The Morgan fingerprint density at radius 2 is 0.656 bits per heavy atom. The molecular formula is C84H49N3O2S. The lowest BCUT2D eigenvalue weighted by Gasteiger charge is -2.40. The van der Waals surface area contributed by atoms with Gasteiger partial charge in [0.25, 0.3) is 0 Å². The SMILES string of the molecule is c1cc(-c2ccc3c4c(oc3c2)-c2ccccc2C42c3ccccc3-c3cc(N4c5ccccc5Sc5ccccc54)ccc32)cc(N2c3ccccc3N(c3ccc4c(c3)-c3oc5ccccc5c3C43c4ccccc4-c4ccccc43)c3ccccc32)c1. The van der Waals surface area contributed by atoms with Gasteiger partial charge in [-0.2, -0.15) is 0 Å². The van der Waals surface area contributed by atoms with Gasteiger partial charge < -0.3 is 23.5 Å². The number of hydrogen-bond acceptors (Lipinski definition) is 6. The van der Waals surface area contributed by atoms with E-state index in [-0.39, 0.29) is 0 Å². The molecule has 2 spiro atoms. The highest BCUT2D eigenvalue weighted by Gasteiger charge is 2.56. The van der Waals surface area contributed by atoms with Gasteiger partial charge in [0.1, 0.15) is 22.7 Å². The van der Waals surface area contributed by atoms with E-state index in [9.17, 15) is 0 Å². The van der Waals surface area contributed by atoms with Gasteiger partial charge in [0.05, 0.1) is 45.0 Å². The molecule has 418 valence electrons. The van der Waals surface area contributed by atoms with Gasteiger partial charge in [0.15, 0.2) is 0 Å². The maximum atomic E-state index is 7.29. The Kier molecular flexibility index (Phi) is 9.59. The molecule has 1 atom stereocenters. The van der Waals surface area contributed by atoms with Crippen LogP contribution in [-0.4, -0.2) is 0 Å². The molecule has 0 amide bonds. The van der Waals surface area contributed by atoms with Crippen LogP contribution in [0.1, 0.15) is 44.5 Å². The zero-order valence-electron chi connectivity index (χ0n) is 48.4. The van der Waals surface area contributed by atoms with E-state index in [0.717, 1.165) is 95.5 Å². The first kappa shape index (κ1) is 48.8. The fourth-order valence-corrected chi connectivity index (χ4v) is 18.0. The first-order valence-electron chi connectivity index (χ1n) is 31.0. The third kappa shape index (κ3) is 6.09. The molecule has 0 saturated heterocycles. The molecule has 4 heterocycles. The molecule has 13 aromatic carbocycles. The standard InChI is InChI=1S/C84H49N3O2S/c1-6-27-63-55(22-1)56-23-2-7-28-64(56)83(63)68-45-42-54(49-62(68)82-79(83)59-26-5-16-37-75(59)88-82)86-71-33-12-10-31-69(71)85(70-32-11-13-34-72(70)86)52-21-19-20-50(46-52)51-40-43-60-76(47-51)89-81-58-25-4-9-30-66(58)84(80(60)81)65-29-8-3-24-57(65)61-48-53(41-44-67(61)84)87-73-35-14-17-38-77(73)90-78-39-18-15-36-74(78)87/h1-49H. The summed E-state index contributed by atoms with van der Waals surface area (Å²) in [6.07, 6.45) is 0. The summed E-state index contributed by atoms with van der Waals surface area (Å²) in [5, 5.41) is 2.27. The van der Waals surface area contributed by atoms with Crippen molar-refractivity contribution in [3.05, 3.63) is 342 Å². The Labute approximate surface area is 523 Å². The van der Waals surface area contributed by atoms with Crippen LogP contribution in [0.15, 0.2) is 316 Å². The minimum absolute atomic E-state index is 0.535. The van der Waals surface area contributed by atoms with Gasteiger partial charge in [-0.25, -0.2) is 0 Å². The number of para-hydroxylation sites is 7. The van der Waals surface area contributed by atoms with Crippen LogP contribution in [0.5, 0.6) is 0 Å². The Balaban J connectivity index is 0.680. The molecule has 21 rings (SSSR count). The summed E-state index contributed by atoms with van der Waals surface area (Å²) >= 11 is 1.84. The van der Waals surface area contributed by atoms with Crippen molar-refractivity contribution in [2.45, 2.75) is 20.6 Å². The van der Waals surface area contributed by atoms with Crippen molar-refractivity contribution < 1.29 is 8.83 Å². The van der Waals surface area contributed by atoms with Gasteiger partial charge in [0, 0.05) is 59.9 Å². The van der Waals surface area contributed by atoms with Gasteiger partial charge in [-0.3, -0.25) is 0 Å². The van der Waals surface area contributed by atoms with Crippen molar-refractivity contribution in [1.29, 1.82) is 0 Å². The molecule has 6 heteroatoms. The Morgan fingerprint density at radius 1 is 0.256 bits per heavy atom. The highest BCUT2D eigenvalue weighted by atomic mass is 32.2. The largest absolute Gasteiger partial charge is 0.456 e. The second-order valence-corrected chi connectivity index (χ2v) is 25.6. The molecule has 1 unspecified atom stereocenters. The summed E-state index contributed by atoms with van der Waals surface area (Å²) in [7, 11) is 0. The molecular weight excluding hydrogens is 1120 g/mol. The van der Waals surface area contributed by atoms with E-state index in [0.29, 0.717) is 0 Å². The van der Waals surface area contributed by atoms with Gasteiger partial charge in [0.2, 0.25) is 0 Å². The average Bonchev–Trinajstić information content (AvgIpc) is 1.51. The van der Waals surface area contributed by atoms with Crippen molar-refractivity contribution in [1.82, 2.24) is 0 Å². The fourth-order valence-electron chi connectivity index (χ4n) is 17.0. The van der Waals surface area contributed by atoms with Crippen molar-refractivity contribution in [3.8, 4) is 56.0 Å². The number of nitrogens with zero attached hydrogens (tertiary/aromatic N) is 3. The van der Waals surface area contributed by atoms with Crippen LogP contribution in [0.2, 0.25) is 0 Å². The number of fused-ring (bicyclic) bond motifs is 28. The molecule has 4 aliphatic carbocycles. The number of anilines is 9. The van der Waals surface area contributed by atoms with E-state index in [1.54, 1.807) is 0 Å². The smallest absolute Gasteiger partial charge is 0.140 e. The molecule has 0 radical (unpaired) electrons. The second kappa shape index (κ2) is 17.7. The third-order valence-electron chi connectivity index (χ3n) is 20.4. The topological polar surface area (TPSA) is 36.0 Å². The van der Waals surface area contributed by atoms with E-state index >= 15 is 0 Å². The molecule has 15 aromatic rings. The van der Waals surface area contributed by atoms with Crippen molar-refractivity contribution >= 4 is 84.9 Å². The first-order valence-corrected chi connectivity index (χ1v) is 31.8. The van der Waals surface area contributed by atoms with Crippen LogP contribution in [-0.2, 0) is 10.8 Å². The number of furan rings is 2. The van der Waals surface area contributed by atoms with Crippen LogP contribution >= 0.6 is 11.8 Å². The minimum Gasteiger partial charge on any atom is -0.456 e. The summed E-state index contributed by atoms with van der Waals surface area (Å²) in [6, 6.07) is 110. The predicted molar refractivity (Wildman–Crippen MR) is 366 cm³/mol. The summed E-state index contributed by atoms with van der Waals surface area (Å²) in [6.45, 7) is 0. The molecule has 90 heavy (non-hydrogen) atoms. The molecule has 0 saturated carbocycles. The highest BCUT2D eigenvalue weighted by molar-refractivity contribution is 7.99. The van der Waals surface area contributed by atoms with Crippen LogP contribution in [0.4, 0.5) is 51.2 Å². The van der Waals surface area contributed by atoms with Gasteiger partial charge in [-0.05, 0) is 164 Å². The molecule has 0 N–H and O–H groups in total. The van der Waals surface area contributed by atoms with E-state index in [1.165, 1.54) is 87.9 Å². The van der Waals surface area contributed by atoms with Gasteiger partial charge in [-0.15, -0.1) is 0 Å². The quantitative estimate of drug-likeness (QED) is 0.175. The lowest BCUT2D eigenvalue weighted by atomic mass is 9.70. The predicted octanol–water partition coefficient (Wildman–Crippen LogP) is 22.7. The zero-order valence-corrected chi connectivity index (χ0v) is 49.2. The zero-order chi connectivity index (χ0) is 58.6. The normalized spacial score (nSPS) is 15.8. The molecule has 0 fully saturated rings. The maximum Gasteiger partial charge on any atom is 0.140 e. The van der Waals surface area contributed by atoms with Crippen LogP contribution < -0.4 is 14.7 Å².